The molecule has 1 aliphatic rings. The SMILES string of the molecule is CC(C)N1CCOC(COc2ccccc2Cl)C1. The molecule has 1 aliphatic heterocycles. The first-order chi connectivity index (χ1) is 8.66. The minimum atomic E-state index is 0.123. The Morgan fingerprint density at radius 2 is 2.22 bits per heavy atom. The molecule has 0 amide bonds. The highest BCUT2D eigenvalue weighted by atomic mass is 35.5. The lowest BCUT2D eigenvalue weighted by atomic mass is 10.2. The van der Waals surface area contributed by atoms with E-state index < -0.39 is 0 Å². The van der Waals surface area contributed by atoms with Crippen molar-refractivity contribution in [3.8, 4) is 5.75 Å². The summed E-state index contributed by atoms with van der Waals surface area (Å²) in [6.07, 6.45) is 0.123. The van der Waals surface area contributed by atoms with Gasteiger partial charge in [0.1, 0.15) is 18.5 Å². The van der Waals surface area contributed by atoms with Gasteiger partial charge in [-0.25, -0.2) is 0 Å². The molecule has 1 aromatic carbocycles. The quantitative estimate of drug-likeness (QED) is 0.839. The van der Waals surface area contributed by atoms with Crippen molar-refractivity contribution in [3.63, 3.8) is 0 Å². The second-order valence-electron chi connectivity index (χ2n) is 4.82. The van der Waals surface area contributed by atoms with Crippen molar-refractivity contribution in [1.29, 1.82) is 0 Å². The molecule has 0 spiro atoms. The first kappa shape index (κ1) is 13.7. The van der Waals surface area contributed by atoms with E-state index in [1.54, 1.807) is 0 Å². The summed E-state index contributed by atoms with van der Waals surface area (Å²) < 4.78 is 11.4. The van der Waals surface area contributed by atoms with E-state index in [1.807, 2.05) is 24.3 Å². The van der Waals surface area contributed by atoms with E-state index in [4.69, 9.17) is 21.1 Å². The van der Waals surface area contributed by atoms with Crippen LogP contribution in [0.1, 0.15) is 13.8 Å². The van der Waals surface area contributed by atoms with Crippen molar-refractivity contribution in [3.05, 3.63) is 29.3 Å². The van der Waals surface area contributed by atoms with Gasteiger partial charge in [-0.05, 0) is 26.0 Å². The van der Waals surface area contributed by atoms with Gasteiger partial charge in [-0.1, -0.05) is 23.7 Å². The number of ether oxygens (including phenoxy) is 2. The maximum Gasteiger partial charge on any atom is 0.138 e. The second-order valence-corrected chi connectivity index (χ2v) is 5.23. The fourth-order valence-corrected chi connectivity index (χ4v) is 2.25. The standard InChI is InChI=1S/C14H20ClNO2/c1-11(2)16-7-8-17-12(9-16)10-18-14-6-4-3-5-13(14)15/h3-6,11-12H,7-10H2,1-2H3. The number of nitrogens with zero attached hydrogens (tertiary/aromatic N) is 1. The van der Waals surface area contributed by atoms with E-state index in [1.165, 1.54) is 0 Å². The normalized spacial score (nSPS) is 21.2. The molecule has 0 saturated carbocycles. The van der Waals surface area contributed by atoms with Gasteiger partial charge in [0, 0.05) is 19.1 Å². The van der Waals surface area contributed by atoms with Gasteiger partial charge in [0.15, 0.2) is 0 Å². The minimum absolute atomic E-state index is 0.123. The van der Waals surface area contributed by atoms with Crippen molar-refractivity contribution in [2.45, 2.75) is 26.0 Å². The van der Waals surface area contributed by atoms with E-state index in [0.29, 0.717) is 17.7 Å². The highest BCUT2D eigenvalue weighted by Crippen LogP contribution is 2.23. The maximum absolute atomic E-state index is 6.04. The van der Waals surface area contributed by atoms with Crippen LogP contribution in [0.2, 0.25) is 5.02 Å². The zero-order valence-electron chi connectivity index (χ0n) is 10.9. The molecule has 1 heterocycles. The third-order valence-electron chi connectivity index (χ3n) is 3.16. The zero-order chi connectivity index (χ0) is 13.0. The Bertz CT molecular complexity index is 384. The summed E-state index contributed by atoms with van der Waals surface area (Å²) in [6, 6.07) is 8.08. The summed E-state index contributed by atoms with van der Waals surface area (Å²) in [4.78, 5) is 2.41. The molecule has 1 saturated heterocycles. The Balaban J connectivity index is 1.85. The first-order valence-corrected chi connectivity index (χ1v) is 6.77. The average Bonchev–Trinajstić information content (AvgIpc) is 2.38. The van der Waals surface area contributed by atoms with Crippen LogP contribution in [0.5, 0.6) is 5.75 Å². The number of benzene rings is 1. The van der Waals surface area contributed by atoms with Gasteiger partial charge < -0.3 is 9.47 Å². The fourth-order valence-electron chi connectivity index (χ4n) is 2.06. The van der Waals surface area contributed by atoms with Gasteiger partial charge in [0.25, 0.3) is 0 Å². The summed E-state index contributed by atoms with van der Waals surface area (Å²) in [7, 11) is 0. The summed E-state index contributed by atoms with van der Waals surface area (Å²) in [6.45, 7) is 7.65. The predicted molar refractivity (Wildman–Crippen MR) is 73.4 cm³/mol. The van der Waals surface area contributed by atoms with E-state index in [9.17, 15) is 0 Å². The van der Waals surface area contributed by atoms with Gasteiger partial charge in [-0.2, -0.15) is 0 Å². The van der Waals surface area contributed by atoms with E-state index in [-0.39, 0.29) is 6.10 Å². The van der Waals surface area contributed by atoms with Crippen LogP contribution in [0, 0.1) is 0 Å². The predicted octanol–water partition coefficient (Wildman–Crippen LogP) is 2.83. The van der Waals surface area contributed by atoms with Crippen molar-refractivity contribution in [1.82, 2.24) is 4.90 Å². The molecule has 0 N–H and O–H groups in total. The molecule has 1 fully saturated rings. The van der Waals surface area contributed by atoms with Crippen LogP contribution in [-0.4, -0.2) is 43.3 Å². The molecule has 0 bridgehead atoms. The highest BCUT2D eigenvalue weighted by molar-refractivity contribution is 6.32. The lowest BCUT2D eigenvalue weighted by Gasteiger charge is -2.35. The highest BCUT2D eigenvalue weighted by Gasteiger charge is 2.22. The Morgan fingerprint density at radius 3 is 2.94 bits per heavy atom. The molecular formula is C14H20ClNO2. The third kappa shape index (κ3) is 3.61. The smallest absolute Gasteiger partial charge is 0.138 e. The Labute approximate surface area is 114 Å². The van der Waals surface area contributed by atoms with Crippen LogP contribution < -0.4 is 4.74 Å². The Kier molecular flexibility index (Phi) is 4.87. The number of halogens is 1. The molecule has 0 aromatic heterocycles. The monoisotopic (exact) mass is 269 g/mol. The van der Waals surface area contributed by atoms with Crippen molar-refractivity contribution in [2.75, 3.05) is 26.3 Å². The summed E-state index contributed by atoms with van der Waals surface area (Å²) in [5.41, 5.74) is 0. The van der Waals surface area contributed by atoms with Crippen LogP contribution >= 0.6 is 11.6 Å². The molecule has 1 unspecified atom stereocenters. The van der Waals surface area contributed by atoms with Gasteiger partial charge in [0.05, 0.1) is 11.6 Å². The average molecular weight is 270 g/mol. The molecule has 2 rings (SSSR count). The molecule has 18 heavy (non-hydrogen) atoms. The molecule has 1 atom stereocenters. The Morgan fingerprint density at radius 1 is 1.44 bits per heavy atom. The maximum atomic E-state index is 6.04. The largest absolute Gasteiger partial charge is 0.489 e. The second kappa shape index (κ2) is 6.41. The van der Waals surface area contributed by atoms with Gasteiger partial charge in [-0.15, -0.1) is 0 Å². The number of hydrogen-bond acceptors (Lipinski definition) is 3. The number of rotatable bonds is 4. The van der Waals surface area contributed by atoms with Gasteiger partial charge >= 0.3 is 0 Å². The number of hydrogen-bond donors (Lipinski definition) is 0. The first-order valence-electron chi connectivity index (χ1n) is 6.40. The summed E-state index contributed by atoms with van der Waals surface area (Å²) in [5.74, 6) is 0.726. The van der Waals surface area contributed by atoms with E-state index in [0.717, 1.165) is 25.4 Å². The fraction of sp³-hybridized carbons (Fsp3) is 0.571. The third-order valence-corrected chi connectivity index (χ3v) is 3.47. The van der Waals surface area contributed by atoms with Crippen molar-refractivity contribution >= 4 is 11.6 Å². The lowest BCUT2D eigenvalue weighted by Crippen LogP contribution is -2.47. The molecule has 100 valence electrons. The van der Waals surface area contributed by atoms with Crippen molar-refractivity contribution in [2.24, 2.45) is 0 Å². The van der Waals surface area contributed by atoms with E-state index in [2.05, 4.69) is 18.7 Å². The van der Waals surface area contributed by atoms with Crippen LogP contribution in [-0.2, 0) is 4.74 Å². The minimum Gasteiger partial charge on any atom is -0.489 e. The zero-order valence-corrected chi connectivity index (χ0v) is 11.7. The summed E-state index contributed by atoms with van der Waals surface area (Å²) in [5, 5.41) is 0.647. The van der Waals surface area contributed by atoms with Crippen LogP contribution in [0.25, 0.3) is 0 Å². The van der Waals surface area contributed by atoms with Crippen LogP contribution in [0.3, 0.4) is 0 Å². The van der Waals surface area contributed by atoms with E-state index >= 15 is 0 Å². The number of para-hydroxylation sites is 1. The van der Waals surface area contributed by atoms with Gasteiger partial charge in [0.2, 0.25) is 0 Å². The van der Waals surface area contributed by atoms with Crippen LogP contribution in [0.15, 0.2) is 24.3 Å². The van der Waals surface area contributed by atoms with Crippen LogP contribution in [0.4, 0.5) is 0 Å². The number of morpholine rings is 1. The molecule has 0 radical (unpaired) electrons. The molecule has 0 aliphatic carbocycles. The molecular weight excluding hydrogens is 250 g/mol. The van der Waals surface area contributed by atoms with Crippen molar-refractivity contribution < 1.29 is 9.47 Å². The van der Waals surface area contributed by atoms with Gasteiger partial charge in [-0.3, -0.25) is 4.90 Å². The topological polar surface area (TPSA) is 21.7 Å². The molecule has 4 heteroatoms. The Hall–Kier alpha value is -0.770. The molecule has 1 aromatic rings. The summed E-state index contributed by atoms with van der Waals surface area (Å²) >= 11 is 6.04. The molecule has 3 nitrogen and oxygen atoms in total. The lowest BCUT2D eigenvalue weighted by molar-refractivity contribution is -0.0564.